The van der Waals surface area contributed by atoms with Gasteiger partial charge in [0.1, 0.15) is 0 Å². The van der Waals surface area contributed by atoms with Crippen molar-refractivity contribution >= 4 is 0 Å². The first-order chi connectivity index (χ1) is 12.3. The van der Waals surface area contributed by atoms with Gasteiger partial charge in [-0.1, -0.05) is 30.3 Å². The predicted octanol–water partition coefficient (Wildman–Crippen LogP) is 3.24. The van der Waals surface area contributed by atoms with Crippen LogP contribution in [0.2, 0.25) is 0 Å². The summed E-state index contributed by atoms with van der Waals surface area (Å²) in [7, 11) is 3.70. The van der Waals surface area contributed by atoms with Crippen LogP contribution < -0.4 is 0 Å². The van der Waals surface area contributed by atoms with Gasteiger partial charge in [0.2, 0.25) is 0 Å². The van der Waals surface area contributed by atoms with Gasteiger partial charge in [-0.2, -0.15) is 5.10 Å². The highest BCUT2D eigenvalue weighted by Gasteiger charge is 2.51. The molecule has 0 unspecified atom stereocenters. The van der Waals surface area contributed by atoms with Crippen LogP contribution in [-0.2, 0) is 16.0 Å². The lowest BCUT2D eigenvalue weighted by Gasteiger charge is -2.43. The standard InChI is InChI=1S/C20H27N3O2/c1-24-17-8-9-20(25-2)10-11-23(18(20)12-17)14-16-13-21-22-19(16)15-6-4-3-5-7-15/h3-7,13,17-18H,8-12,14H2,1-2H3,(H,21,22)/t17-,18-,20+/m0/s1. The number of rotatable bonds is 5. The summed E-state index contributed by atoms with van der Waals surface area (Å²) in [6.07, 6.45) is 6.62. The Labute approximate surface area is 149 Å². The third kappa shape index (κ3) is 3.01. The molecule has 1 aromatic heterocycles. The van der Waals surface area contributed by atoms with Gasteiger partial charge in [-0.15, -0.1) is 0 Å². The number of ether oxygens (including phenoxy) is 2. The Kier molecular flexibility index (Phi) is 4.63. The summed E-state index contributed by atoms with van der Waals surface area (Å²) in [4.78, 5) is 2.56. The molecule has 0 amide bonds. The number of nitrogens with one attached hydrogen (secondary N) is 1. The third-order valence-corrected chi connectivity index (χ3v) is 6.14. The fourth-order valence-electron chi connectivity index (χ4n) is 4.66. The Bertz CT molecular complexity index is 702. The summed E-state index contributed by atoms with van der Waals surface area (Å²) in [6.45, 7) is 1.96. The smallest absolute Gasteiger partial charge is 0.0847 e. The lowest BCUT2D eigenvalue weighted by molar-refractivity contribution is -0.0947. The van der Waals surface area contributed by atoms with Crippen molar-refractivity contribution in [1.82, 2.24) is 15.1 Å². The van der Waals surface area contributed by atoms with Gasteiger partial charge in [-0.25, -0.2) is 0 Å². The fourth-order valence-corrected chi connectivity index (χ4v) is 4.66. The van der Waals surface area contributed by atoms with Crippen LogP contribution >= 0.6 is 0 Å². The molecule has 5 heteroatoms. The van der Waals surface area contributed by atoms with Crippen LogP contribution in [0.4, 0.5) is 0 Å². The highest BCUT2D eigenvalue weighted by Crippen LogP contribution is 2.43. The largest absolute Gasteiger partial charge is 0.381 e. The highest BCUT2D eigenvalue weighted by atomic mass is 16.5. The third-order valence-electron chi connectivity index (χ3n) is 6.14. The molecule has 2 heterocycles. The summed E-state index contributed by atoms with van der Waals surface area (Å²) in [5, 5.41) is 7.48. The van der Waals surface area contributed by atoms with Crippen molar-refractivity contribution in [2.75, 3.05) is 20.8 Å². The molecule has 25 heavy (non-hydrogen) atoms. The molecule has 5 nitrogen and oxygen atoms in total. The van der Waals surface area contributed by atoms with Crippen LogP contribution in [-0.4, -0.2) is 53.6 Å². The molecule has 1 saturated carbocycles. The SMILES string of the molecule is CO[C@H]1CC[C@@]2(OC)CCN(Cc3cn[nH]c3-c3ccccc3)[C@H]2C1. The molecule has 1 saturated heterocycles. The first-order valence-corrected chi connectivity index (χ1v) is 9.15. The number of H-pyrrole nitrogens is 1. The lowest BCUT2D eigenvalue weighted by Crippen LogP contribution is -2.51. The predicted molar refractivity (Wildman–Crippen MR) is 97.2 cm³/mol. The Morgan fingerprint density at radius 2 is 2.08 bits per heavy atom. The Hall–Kier alpha value is -1.69. The first-order valence-electron chi connectivity index (χ1n) is 9.15. The molecule has 2 fully saturated rings. The summed E-state index contributed by atoms with van der Waals surface area (Å²) < 4.78 is 11.7. The van der Waals surface area contributed by atoms with E-state index in [9.17, 15) is 0 Å². The first kappa shape index (κ1) is 16.8. The average molecular weight is 341 g/mol. The monoisotopic (exact) mass is 341 g/mol. The fraction of sp³-hybridized carbons (Fsp3) is 0.550. The summed E-state index contributed by atoms with van der Waals surface area (Å²) in [5.41, 5.74) is 3.55. The average Bonchev–Trinajstić information content (AvgIpc) is 3.28. The molecular formula is C20H27N3O2. The van der Waals surface area contributed by atoms with Crippen LogP contribution in [0, 0.1) is 0 Å². The summed E-state index contributed by atoms with van der Waals surface area (Å²) in [5.74, 6) is 0. The van der Waals surface area contributed by atoms with E-state index in [-0.39, 0.29) is 5.60 Å². The van der Waals surface area contributed by atoms with Crippen LogP contribution in [0.25, 0.3) is 11.3 Å². The van der Waals surface area contributed by atoms with E-state index in [0.29, 0.717) is 12.1 Å². The summed E-state index contributed by atoms with van der Waals surface area (Å²) >= 11 is 0. The second kappa shape index (κ2) is 6.90. The molecule has 1 N–H and O–H groups in total. The number of fused-ring (bicyclic) bond motifs is 1. The van der Waals surface area contributed by atoms with E-state index in [2.05, 4.69) is 39.4 Å². The van der Waals surface area contributed by atoms with E-state index >= 15 is 0 Å². The van der Waals surface area contributed by atoms with E-state index in [0.717, 1.165) is 44.5 Å². The number of aromatic nitrogens is 2. The van der Waals surface area contributed by atoms with Crippen LogP contribution in [0.1, 0.15) is 31.2 Å². The van der Waals surface area contributed by atoms with Gasteiger partial charge < -0.3 is 9.47 Å². The molecule has 3 atom stereocenters. The van der Waals surface area contributed by atoms with E-state index in [1.54, 1.807) is 0 Å². The van der Waals surface area contributed by atoms with Gasteiger partial charge in [0, 0.05) is 38.9 Å². The minimum absolute atomic E-state index is 0.00826. The zero-order valence-corrected chi connectivity index (χ0v) is 15.1. The van der Waals surface area contributed by atoms with Crippen molar-refractivity contribution in [3.05, 3.63) is 42.1 Å². The van der Waals surface area contributed by atoms with Crippen molar-refractivity contribution < 1.29 is 9.47 Å². The maximum absolute atomic E-state index is 6.04. The molecular weight excluding hydrogens is 314 g/mol. The molecule has 1 aliphatic carbocycles. The van der Waals surface area contributed by atoms with Crippen molar-refractivity contribution in [3.63, 3.8) is 0 Å². The van der Waals surface area contributed by atoms with Gasteiger partial charge in [-0.05, 0) is 31.2 Å². The zero-order chi connectivity index (χ0) is 17.3. The van der Waals surface area contributed by atoms with Gasteiger partial charge in [0.05, 0.1) is 23.6 Å². The topological polar surface area (TPSA) is 50.4 Å². The van der Waals surface area contributed by atoms with Crippen LogP contribution in [0.5, 0.6) is 0 Å². The minimum Gasteiger partial charge on any atom is -0.381 e. The zero-order valence-electron chi connectivity index (χ0n) is 15.1. The second-order valence-corrected chi connectivity index (χ2v) is 7.27. The van der Waals surface area contributed by atoms with E-state index in [4.69, 9.17) is 9.47 Å². The normalized spacial score (nSPS) is 29.7. The molecule has 1 aromatic carbocycles. The Balaban J connectivity index is 1.56. The molecule has 134 valence electrons. The Morgan fingerprint density at radius 1 is 1.24 bits per heavy atom. The number of benzene rings is 1. The second-order valence-electron chi connectivity index (χ2n) is 7.27. The lowest BCUT2D eigenvalue weighted by atomic mass is 9.79. The van der Waals surface area contributed by atoms with Gasteiger partial charge in [0.15, 0.2) is 0 Å². The molecule has 0 spiro atoms. The van der Waals surface area contributed by atoms with E-state index in [1.807, 2.05) is 26.5 Å². The van der Waals surface area contributed by atoms with E-state index in [1.165, 1.54) is 11.1 Å². The highest BCUT2D eigenvalue weighted by molar-refractivity contribution is 5.62. The van der Waals surface area contributed by atoms with Crippen molar-refractivity contribution in [2.45, 2.75) is 50.0 Å². The van der Waals surface area contributed by atoms with Crippen molar-refractivity contribution in [2.24, 2.45) is 0 Å². The number of methoxy groups -OCH3 is 2. The van der Waals surface area contributed by atoms with Crippen LogP contribution in [0.15, 0.2) is 36.5 Å². The van der Waals surface area contributed by atoms with Gasteiger partial charge in [0.25, 0.3) is 0 Å². The number of aromatic amines is 1. The number of nitrogens with zero attached hydrogens (tertiary/aromatic N) is 2. The molecule has 4 rings (SSSR count). The van der Waals surface area contributed by atoms with Crippen LogP contribution in [0.3, 0.4) is 0 Å². The number of hydrogen-bond donors (Lipinski definition) is 1. The quantitative estimate of drug-likeness (QED) is 0.907. The molecule has 2 aliphatic rings. The maximum Gasteiger partial charge on any atom is 0.0847 e. The van der Waals surface area contributed by atoms with Crippen molar-refractivity contribution in [3.8, 4) is 11.3 Å². The van der Waals surface area contributed by atoms with Crippen molar-refractivity contribution in [1.29, 1.82) is 0 Å². The molecule has 0 bridgehead atoms. The molecule has 0 radical (unpaired) electrons. The molecule has 2 aromatic rings. The number of hydrogen-bond acceptors (Lipinski definition) is 4. The minimum atomic E-state index is -0.00826. The van der Waals surface area contributed by atoms with Gasteiger partial charge in [-0.3, -0.25) is 10.00 Å². The Morgan fingerprint density at radius 3 is 2.84 bits per heavy atom. The molecule has 1 aliphatic heterocycles. The van der Waals surface area contributed by atoms with E-state index < -0.39 is 0 Å². The number of likely N-dealkylation sites (tertiary alicyclic amines) is 1. The maximum atomic E-state index is 6.04. The summed E-state index contributed by atoms with van der Waals surface area (Å²) in [6, 6.07) is 10.8. The van der Waals surface area contributed by atoms with Gasteiger partial charge >= 0.3 is 0 Å².